The minimum Gasteiger partial charge on any atom is -0.383 e. The summed E-state index contributed by atoms with van der Waals surface area (Å²) in [5.74, 6) is 0.849. The molecule has 0 radical (unpaired) electrons. The van der Waals surface area contributed by atoms with E-state index in [9.17, 15) is 4.79 Å². The van der Waals surface area contributed by atoms with E-state index in [1.807, 2.05) is 33.2 Å². The van der Waals surface area contributed by atoms with Crippen molar-refractivity contribution in [1.29, 1.82) is 0 Å². The minimum atomic E-state index is -0.258. The molecule has 3 aromatic rings. The molecular weight excluding hydrogens is 306 g/mol. The minimum absolute atomic E-state index is 0.258. The van der Waals surface area contributed by atoms with Crippen molar-refractivity contribution >= 4 is 34.5 Å². The van der Waals surface area contributed by atoms with Crippen LogP contribution in [0.3, 0.4) is 0 Å². The zero-order chi connectivity index (χ0) is 17.4. The molecule has 2 aromatic heterocycles. The molecule has 124 valence electrons. The lowest BCUT2D eigenvalue weighted by Crippen LogP contribution is -2.15. The molecule has 0 aliphatic heterocycles. The van der Waals surface area contributed by atoms with Crippen LogP contribution in [0.2, 0.25) is 0 Å². The zero-order valence-corrected chi connectivity index (χ0v) is 14.0. The Labute approximate surface area is 139 Å². The van der Waals surface area contributed by atoms with Gasteiger partial charge in [-0.3, -0.25) is 4.79 Å². The highest BCUT2D eigenvalue weighted by atomic mass is 16.1. The Hall–Kier alpha value is -3.16. The molecule has 24 heavy (non-hydrogen) atoms. The van der Waals surface area contributed by atoms with Crippen molar-refractivity contribution in [2.45, 2.75) is 6.92 Å². The first-order valence-corrected chi connectivity index (χ1v) is 7.42. The SMILES string of the molecule is Cc1ccc(C(=O)Nc2nn(C)c3nc(N(C)C)nc(N)c23)cc1. The van der Waals surface area contributed by atoms with Gasteiger partial charge < -0.3 is 16.0 Å². The maximum Gasteiger partial charge on any atom is 0.256 e. The second kappa shape index (κ2) is 5.80. The third-order valence-corrected chi connectivity index (χ3v) is 3.65. The summed E-state index contributed by atoms with van der Waals surface area (Å²) in [6.07, 6.45) is 0. The van der Waals surface area contributed by atoms with Gasteiger partial charge in [-0.15, -0.1) is 0 Å². The third kappa shape index (κ3) is 2.73. The van der Waals surface area contributed by atoms with Crippen LogP contribution in [0, 0.1) is 6.92 Å². The van der Waals surface area contributed by atoms with Crippen LogP contribution in [-0.2, 0) is 7.05 Å². The Bertz CT molecular complexity index is 912. The molecule has 8 nitrogen and oxygen atoms in total. The van der Waals surface area contributed by atoms with E-state index in [-0.39, 0.29) is 11.7 Å². The first-order chi connectivity index (χ1) is 11.4. The zero-order valence-electron chi connectivity index (χ0n) is 14.0. The van der Waals surface area contributed by atoms with E-state index in [4.69, 9.17) is 5.73 Å². The maximum absolute atomic E-state index is 12.4. The van der Waals surface area contributed by atoms with Gasteiger partial charge in [0.25, 0.3) is 5.91 Å². The van der Waals surface area contributed by atoms with Gasteiger partial charge in [-0.25, -0.2) is 4.68 Å². The van der Waals surface area contributed by atoms with Crippen molar-refractivity contribution in [3.63, 3.8) is 0 Å². The molecule has 3 rings (SSSR count). The van der Waals surface area contributed by atoms with Crippen molar-refractivity contribution in [2.24, 2.45) is 7.05 Å². The number of hydrogen-bond acceptors (Lipinski definition) is 6. The number of nitrogens with two attached hydrogens (primary N) is 1. The summed E-state index contributed by atoms with van der Waals surface area (Å²) in [6, 6.07) is 7.29. The Morgan fingerprint density at radius 3 is 2.50 bits per heavy atom. The van der Waals surface area contributed by atoms with Gasteiger partial charge in [-0.05, 0) is 19.1 Å². The molecule has 0 unspecified atom stereocenters. The number of anilines is 3. The predicted octanol–water partition coefficient (Wildman–Crippen LogP) is 1.57. The number of nitrogens with zero attached hydrogens (tertiary/aromatic N) is 5. The highest BCUT2D eigenvalue weighted by Crippen LogP contribution is 2.27. The van der Waals surface area contributed by atoms with Gasteiger partial charge in [-0.2, -0.15) is 15.1 Å². The fraction of sp³-hybridized carbons (Fsp3) is 0.250. The van der Waals surface area contributed by atoms with Crippen LogP contribution >= 0.6 is 0 Å². The summed E-state index contributed by atoms with van der Waals surface area (Å²) >= 11 is 0. The average Bonchev–Trinajstić information content (AvgIpc) is 2.84. The second-order valence-electron chi connectivity index (χ2n) is 5.79. The van der Waals surface area contributed by atoms with Gasteiger partial charge in [0.15, 0.2) is 11.5 Å². The van der Waals surface area contributed by atoms with Crippen LogP contribution in [0.4, 0.5) is 17.6 Å². The molecule has 0 bridgehead atoms. The lowest BCUT2D eigenvalue weighted by Gasteiger charge is -2.11. The summed E-state index contributed by atoms with van der Waals surface area (Å²) in [5, 5.41) is 7.64. The molecule has 0 aliphatic rings. The highest BCUT2D eigenvalue weighted by Gasteiger charge is 2.18. The van der Waals surface area contributed by atoms with E-state index in [0.29, 0.717) is 28.4 Å². The predicted molar refractivity (Wildman–Crippen MR) is 94.2 cm³/mol. The van der Waals surface area contributed by atoms with E-state index in [0.717, 1.165) is 5.56 Å². The monoisotopic (exact) mass is 325 g/mol. The van der Waals surface area contributed by atoms with E-state index in [2.05, 4.69) is 20.4 Å². The lowest BCUT2D eigenvalue weighted by atomic mass is 10.1. The van der Waals surface area contributed by atoms with Crippen LogP contribution in [0.25, 0.3) is 11.0 Å². The van der Waals surface area contributed by atoms with Crippen molar-refractivity contribution in [3.05, 3.63) is 35.4 Å². The van der Waals surface area contributed by atoms with Crippen LogP contribution in [0.5, 0.6) is 0 Å². The van der Waals surface area contributed by atoms with Crippen molar-refractivity contribution in [1.82, 2.24) is 19.7 Å². The third-order valence-electron chi connectivity index (χ3n) is 3.65. The molecule has 0 atom stereocenters. The van der Waals surface area contributed by atoms with Crippen molar-refractivity contribution in [2.75, 3.05) is 30.0 Å². The Morgan fingerprint density at radius 2 is 1.88 bits per heavy atom. The first kappa shape index (κ1) is 15.7. The normalized spacial score (nSPS) is 10.8. The van der Waals surface area contributed by atoms with Gasteiger partial charge in [0.1, 0.15) is 11.2 Å². The van der Waals surface area contributed by atoms with Gasteiger partial charge in [0.05, 0.1) is 0 Å². The number of nitrogens with one attached hydrogen (secondary N) is 1. The molecule has 0 spiro atoms. The molecule has 8 heteroatoms. The molecular formula is C16H19N7O. The van der Waals surface area contributed by atoms with Gasteiger partial charge in [-0.1, -0.05) is 17.7 Å². The highest BCUT2D eigenvalue weighted by molar-refractivity contribution is 6.09. The summed E-state index contributed by atoms with van der Waals surface area (Å²) in [4.78, 5) is 22.9. The molecule has 0 fully saturated rings. The summed E-state index contributed by atoms with van der Waals surface area (Å²) in [7, 11) is 5.41. The summed E-state index contributed by atoms with van der Waals surface area (Å²) in [5.41, 5.74) is 8.25. The largest absolute Gasteiger partial charge is 0.383 e. The number of aryl methyl sites for hydroxylation is 2. The van der Waals surface area contributed by atoms with E-state index in [1.54, 1.807) is 28.8 Å². The lowest BCUT2D eigenvalue weighted by molar-refractivity contribution is 0.102. The Balaban J connectivity index is 2.01. The fourth-order valence-electron chi connectivity index (χ4n) is 2.33. The smallest absolute Gasteiger partial charge is 0.256 e. The number of carbonyl (C=O) groups is 1. The molecule has 0 aliphatic carbocycles. The molecule has 2 heterocycles. The van der Waals surface area contributed by atoms with Gasteiger partial charge >= 0.3 is 0 Å². The molecule has 3 N–H and O–H groups in total. The first-order valence-electron chi connectivity index (χ1n) is 7.42. The van der Waals surface area contributed by atoms with Crippen molar-refractivity contribution < 1.29 is 4.79 Å². The number of fused-ring (bicyclic) bond motifs is 1. The van der Waals surface area contributed by atoms with E-state index in [1.165, 1.54) is 0 Å². The summed E-state index contributed by atoms with van der Waals surface area (Å²) < 4.78 is 1.57. The Morgan fingerprint density at radius 1 is 1.21 bits per heavy atom. The van der Waals surface area contributed by atoms with Crippen molar-refractivity contribution in [3.8, 4) is 0 Å². The van der Waals surface area contributed by atoms with Crippen LogP contribution in [0.1, 0.15) is 15.9 Å². The number of nitrogen functional groups attached to an aromatic ring is 1. The number of hydrogen-bond donors (Lipinski definition) is 2. The fourth-order valence-corrected chi connectivity index (χ4v) is 2.33. The van der Waals surface area contributed by atoms with E-state index < -0.39 is 0 Å². The van der Waals surface area contributed by atoms with Crippen LogP contribution < -0.4 is 16.0 Å². The molecule has 0 saturated heterocycles. The summed E-state index contributed by atoms with van der Waals surface area (Å²) in [6.45, 7) is 1.97. The van der Waals surface area contributed by atoms with E-state index >= 15 is 0 Å². The number of rotatable bonds is 3. The maximum atomic E-state index is 12.4. The standard InChI is InChI=1S/C16H19N7O/c1-9-5-7-10(8-6-9)15(24)19-13-11-12(17)18-16(22(2)3)20-14(11)23(4)21-13/h5-8H,1-4H3,(H2,17,18,20)(H,19,21,24). The van der Waals surface area contributed by atoms with Crippen LogP contribution in [0.15, 0.2) is 24.3 Å². The van der Waals surface area contributed by atoms with Gasteiger partial charge in [0.2, 0.25) is 5.95 Å². The number of carbonyl (C=O) groups excluding carboxylic acids is 1. The molecule has 1 aromatic carbocycles. The van der Waals surface area contributed by atoms with Gasteiger partial charge in [0, 0.05) is 26.7 Å². The molecule has 0 saturated carbocycles. The Kier molecular flexibility index (Phi) is 3.80. The second-order valence-corrected chi connectivity index (χ2v) is 5.79. The number of amides is 1. The quantitative estimate of drug-likeness (QED) is 0.758. The van der Waals surface area contributed by atoms with Crippen LogP contribution in [-0.4, -0.2) is 39.8 Å². The average molecular weight is 325 g/mol. The molecule has 1 amide bonds. The number of benzene rings is 1. The topological polar surface area (TPSA) is 102 Å². The number of aromatic nitrogens is 4.